The van der Waals surface area contributed by atoms with E-state index in [9.17, 15) is 0 Å². The summed E-state index contributed by atoms with van der Waals surface area (Å²) >= 11 is 0. The normalized spacial score (nSPS) is 4.00. The Morgan fingerprint density at radius 3 is 1.17 bits per heavy atom. The molecule has 2 heteroatoms. The Kier molecular flexibility index (Phi) is 250. The maximum atomic E-state index is 4.62. The van der Waals surface area contributed by atoms with Crippen LogP contribution in [0.25, 0.3) is 0 Å². The van der Waals surface area contributed by atoms with Crippen molar-refractivity contribution in [3.63, 3.8) is 0 Å². The molecule has 0 unspecified atom stereocenters. The molecular weight excluding hydrogens is 76.1 g/mol. The molecule has 6 heavy (non-hydrogen) atoms. The Balaban J connectivity index is -0.0000000275. The molecule has 0 aromatic rings. The predicted octanol–water partition coefficient (Wildman–Crippen LogP) is 0.524. The summed E-state index contributed by atoms with van der Waals surface area (Å²) in [6, 6.07) is 0. The Morgan fingerprint density at radius 1 is 1.17 bits per heavy atom. The smallest absolute Gasteiger partial charge is 0.0403 e. The molecule has 0 aliphatic heterocycles. The fourth-order valence-corrected chi connectivity index (χ4v) is 0. The van der Waals surface area contributed by atoms with Gasteiger partial charge in [-0.05, 0) is 0 Å². The molecule has 2 nitrogen and oxygen atoms in total. The summed E-state index contributed by atoms with van der Waals surface area (Å²) in [4.78, 5) is 0. The van der Waals surface area contributed by atoms with Crippen LogP contribution in [-0.4, -0.2) is 6.67 Å². The quantitative estimate of drug-likeness (QED) is 0.428. The van der Waals surface area contributed by atoms with Crippen molar-refractivity contribution in [1.29, 1.82) is 0 Å². The van der Waals surface area contributed by atoms with Crippen LogP contribution in [0.2, 0.25) is 0 Å². The number of nitrogens with two attached hydrogens (primary N) is 2. The maximum absolute atomic E-state index is 4.62. The van der Waals surface area contributed by atoms with Gasteiger partial charge in [0, 0.05) is 6.67 Å². The summed E-state index contributed by atoms with van der Waals surface area (Å²) in [7, 11) is 0. The number of hydrogen-bond donors (Lipinski definition) is 2. The van der Waals surface area contributed by atoms with Crippen LogP contribution in [0.4, 0.5) is 0 Å². The molecule has 0 aliphatic rings. The predicted molar refractivity (Wildman–Crippen MR) is 31.3 cm³/mol. The molecule has 42 valence electrons. The van der Waals surface area contributed by atoms with Crippen molar-refractivity contribution in [2.45, 2.75) is 21.3 Å². The lowest BCUT2D eigenvalue weighted by Crippen LogP contribution is -2.08. The van der Waals surface area contributed by atoms with Crippen LogP contribution in [0.5, 0.6) is 0 Å². The van der Waals surface area contributed by atoms with Gasteiger partial charge in [-0.15, -0.1) is 0 Å². The van der Waals surface area contributed by atoms with Crippen LogP contribution in [0.3, 0.4) is 0 Å². The van der Waals surface area contributed by atoms with Crippen molar-refractivity contribution in [2.75, 3.05) is 6.67 Å². The fourth-order valence-electron chi connectivity index (χ4n) is 0. The first-order valence-electron chi connectivity index (χ1n) is 1.82. The molecular formula is C4H16N2. The lowest BCUT2D eigenvalue weighted by atomic mass is 11.0. The monoisotopic (exact) mass is 92.1 g/mol. The Bertz CT molecular complexity index is 5.51. The van der Waals surface area contributed by atoms with E-state index >= 15 is 0 Å². The molecule has 0 amide bonds. The average molecular weight is 92.2 g/mol. The highest BCUT2D eigenvalue weighted by molar-refractivity contribution is 3.94. The van der Waals surface area contributed by atoms with Crippen molar-refractivity contribution in [3.05, 3.63) is 0 Å². The van der Waals surface area contributed by atoms with Crippen LogP contribution < -0.4 is 11.5 Å². The van der Waals surface area contributed by atoms with Crippen molar-refractivity contribution >= 4 is 0 Å². The van der Waals surface area contributed by atoms with Crippen LogP contribution >= 0.6 is 0 Å². The second kappa shape index (κ2) is 89.3. The lowest BCUT2D eigenvalue weighted by Gasteiger charge is -1.56. The molecule has 0 atom stereocenters. The molecule has 0 radical (unpaired) electrons. The van der Waals surface area contributed by atoms with Crippen molar-refractivity contribution in [3.8, 4) is 0 Å². The standard InChI is InChI=1S/C2H6.CH6N2.CH4/c1-2;2-1-3;/h1-2H3;1-3H2;1H4. The highest BCUT2D eigenvalue weighted by atomic mass is 14.7. The van der Waals surface area contributed by atoms with E-state index in [0.717, 1.165) is 0 Å². The summed E-state index contributed by atoms with van der Waals surface area (Å²) in [5, 5.41) is 0. The SMILES string of the molecule is C.CC.NCN. The fraction of sp³-hybridized carbons (Fsp3) is 1.00. The van der Waals surface area contributed by atoms with E-state index in [0.29, 0.717) is 0 Å². The molecule has 0 saturated carbocycles. The van der Waals surface area contributed by atoms with Gasteiger partial charge in [-0.25, -0.2) is 0 Å². The van der Waals surface area contributed by atoms with E-state index in [2.05, 4.69) is 11.5 Å². The second-order valence-corrected chi connectivity index (χ2v) is 0.236. The third kappa shape index (κ3) is 5220. The first kappa shape index (κ1) is 16.8. The highest BCUT2D eigenvalue weighted by Gasteiger charge is 1.29. The first-order chi connectivity index (χ1) is 2.41. The summed E-state index contributed by atoms with van der Waals surface area (Å²) < 4.78 is 0. The number of rotatable bonds is 0. The third-order valence-electron chi connectivity index (χ3n) is 0. The van der Waals surface area contributed by atoms with Gasteiger partial charge < -0.3 is 11.5 Å². The van der Waals surface area contributed by atoms with Crippen molar-refractivity contribution < 1.29 is 0 Å². The summed E-state index contributed by atoms with van der Waals surface area (Å²) in [5.41, 5.74) is 9.25. The van der Waals surface area contributed by atoms with E-state index in [1.165, 1.54) is 0 Å². The molecule has 0 saturated heterocycles. The topological polar surface area (TPSA) is 52.0 Å². The Morgan fingerprint density at radius 2 is 1.17 bits per heavy atom. The first-order valence-corrected chi connectivity index (χ1v) is 1.82. The van der Waals surface area contributed by atoms with E-state index < -0.39 is 0 Å². The van der Waals surface area contributed by atoms with Gasteiger partial charge in [-0.2, -0.15) is 0 Å². The second-order valence-electron chi connectivity index (χ2n) is 0.236. The van der Waals surface area contributed by atoms with Gasteiger partial charge >= 0.3 is 0 Å². The summed E-state index contributed by atoms with van der Waals surface area (Å²) in [5.74, 6) is 0. The molecule has 0 spiro atoms. The number of hydrogen-bond acceptors (Lipinski definition) is 2. The largest absolute Gasteiger partial charge is 0.319 e. The third-order valence-corrected chi connectivity index (χ3v) is 0. The lowest BCUT2D eigenvalue weighted by molar-refractivity contribution is 1.07. The minimum atomic E-state index is 0. The van der Waals surface area contributed by atoms with E-state index in [4.69, 9.17) is 0 Å². The van der Waals surface area contributed by atoms with E-state index in [1.807, 2.05) is 13.8 Å². The van der Waals surface area contributed by atoms with Crippen LogP contribution in [0.15, 0.2) is 0 Å². The average Bonchev–Trinajstić information content (AvgIpc) is 1.46. The minimum Gasteiger partial charge on any atom is -0.319 e. The molecule has 0 heterocycles. The minimum absolute atomic E-state index is 0. The van der Waals surface area contributed by atoms with Crippen LogP contribution in [0, 0.1) is 0 Å². The molecule has 4 N–H and O–H groups in total. The molecule has 0 aromatic carbocycles. The Labute approximate surface area is 40.5 Å². The van der Waals surface area contributed by atoms with Gasteiger partial charge in [0.05, 0.1) is 0 Å². The zero-order valence-electron chi connectivity index (χ0n) is 3.86. The summed E-state index contributed by atoms with van der Waals surface area (Å²) in [6.07, 6.45) is 0. The van der Waals surface area contributed by atoms with Crippen LogP contribution in [0.1, 0.15) is 21.3 Å². The van der Waals surface area contributed by atoms with Gasteiger partial charge in [0.15, 0.2) is 0 Å². The Hall–Kier alpha value is -0.0800. The summed E-state index contributed by atoms with van der Waals surface area (Å²) in [6.45, 7) is 4.25. The highest BCUT2D eigenvalue weighted by Crippen LogP contribution is 1.14. The van der Waals surface area contributed by atoms with Gasteiger partial charge in [-0.1, -0.05) is 21.3 Å². The van der Waals surface area contributed by atoms with Gasteiger partial charge in [0.25, 0.3) is 0 Å². The van der Waals surface area contributed by atoms with Crippen molar-refractivity contribution in [2.24, 2.45) is 11.5 Å². The maximum Gasteiger partial charge on any atom is 0.0403 e. The van der Waals surface area contributed by atoms with Gasteiger partial charge in [-0.3, -0.25) is 0 Å². The van der Waals surface area contributed by atoms with Gasteiger partial charge in [0.1, 0.15) is 0 Å². The zero-order chi connectivity index (χ0) is 4.71. The van der Waals surface area contributed by atoms with Gasteiger partial charge in [0.2, 0.25) is 0 Å². The molecule has 0 aromatic heterocycles. The molecule has 0 bridgehead atoms. The zero-order valence-corrected chi connectivity index (χ0v) is 3.86. The van der Waals surface area contributed by atoms with E-state index in [1.54, 1.807) is 0 Å². The van der Waals surface area contributed by atoms with Crippen molar-refractivity contribution in [1.82, 2.24) is 0 Å². The van der Waals surface area contributed by atoms with Crippen LogP contribution in [-0.2, 0) is 0 Å². The molecule has 0 fully saturated rings. The molecule has 0 rings (SSSR count). The van der Waals surface area contributed by atoms with E-state index in [-0.39, 0.29) is 14.1 Å². The molecule has 0 aliphatic carbocycles.